The van der Waals surface area contributed by atoms with Gasteiger partial charge < -0.3 is 9.64 Å². The third-order valence-electron chi connectivity index (χ3n) is 3.02. The van der Waals surface area contributed by atoms with E-state index in [0.29, 0.717) is 18.0 Å². The van der Waals surface area contributed by atoms with Gasteiger partial charge in [-0.1, -0.05) is 12.1 Å². The molecule has 120 valence electrons. The van der Waals surface area contributed by atoms with Gasteiger partial charge in [-0.2, -0.15) is 0 Å². The van der Waals surface area contributed by atoms with Crippen LogP contribution in [-0.4, -0.2) is 38.7 Å². The molecule has 0 aliphatic carbocycles. The summed E-state index contributed by atoms with van der Waals surface area (Å²) in [6.45, 7) is 0.451. The number of benzene rings is 1. The Labute approximate surface area is 128 Å². The predicted octanol–water partition coefficient (Wildman–Crippen LogP) is 2.05. The molecule has 0 bridgehead atoms. The van der Waals surface area contributed by atoms with E-state index in [0.717, 1.165) is 5.56 Å². The Balaban J connectivity index is 1.70. The number of aromatic nitrogens is 5. The summed E-state index contributed by atoms with van der Waals surface area (Å²) in [7, 11) is 1.80. The second-order valence-electron chi connectivity index (χ2n) is 4.77. The summed E-state index contributed by atoms with van der Waals surface area (Å²) in [5.41, 5.74) is 1.33. The zero-order valence-electron chi connectivity index (χ0n) is 11.9. The van der Waals surface area contributed by atoms with Crippen LogP contribution in [-0.2, 0) is 6.54 Å². The lowest BCUT2D eigenvalue weighted by Gasteiger charge is -2.18. The summed E-state index contributed by atoms with van der Waals surface area (Å²) in [6.07, 6.45) is -4.69. The van der Waals surface area contributed by atoms with Crippen LogP contribution in [0.15, 0.2) is 36.4 Å². The number of ether oxygens (including phenoxy) is 1. The molecule has 0 saturated carbocycles. The van der Waals surface area contributed by atoms with Crippen molar-refractivity contribution in [3.63, 3.8) is 0 Å². The molecule has 7 nitrogen and oxygen atoms in total. The van der Waals surface area contributed by atoms with Crippen molar-refractivity contribution in [1.82, 2.24) is 25.3 Å². The topological polar surface area (TPSA) is 68.4 Å². The van der Waals surface area contributed by atoms with E-state index in [4.69, 9.17) is 0 Å². The molecule has 3 aromatic rings. The van der Waals surface area contributed by atoms with Crippen molar-refractivity contribution in [3.05, 3.63) is 42.0 Å². The summed E-state index contributed by atoms with van der Waals surface area (Å²) in [6, 6.07) is 9.15. The van der Waals surface area contributed by atoms with Crippen LogP contribution in [0.25, 0.3) is 5.65 Å². The largest absolute Gasteiger partial charge is 0.573 e. The Hall–Kier alpha value is -2.91. The number of halogens is 3. The van der Waals surface area contributed by atoms with Crippen molar-refractivity contribution in [1.29, 1.82) is 0 Å². The minimum absolute atomic E-state index is 0.253. The molecule has 0 fully saturated rings. The minimum Gasteiger partial charge on any atom is -0.406 e. The van der Waals surface area contributed by atoms with Gasteiger partial charge in [0.1, 0.15) is 5.75 Å². The molecule has 0 aliphatic rings. The Kier molecular flexibility index (Phi) is 3.72. The highest BCUT2D eigenvalue weighted by atomic mass is 19.4. The molecule has 0 saturated heterocycles. The van der Waals surface area contributed by atoms with Gasteiger partial charge >= 0.3 is 6.36 Å². The fraction of sp³-hybridized carbons (Fsp3) is 0.231. The lowest BCUT2D eigenvalue weighted by Crippen LogP contribution is -2.19. The van der Waals surface area contributed by atoms with Crippen molar-refractivity contribution in [2.75, 3.05) is 11.9 Å². The predicted molar refractivity (Wildman–Crippen MR) is 73.8 cm³/mol. The first-order valence-corrected chi connectivity index (χ1v) is 6.52. The standard InChI is InChI=1S/C13H11F3N6O/c1-21(12-7-6-11-17-19-20-22(11)18-12)8-9-2-4-10(5-3-9)23-13(14,15)16/h2-7H,8H2,1H3. The highest BCUT2D eigenvalue weighted by Crippen LogP contribution is 2.23. The normalized spacial score (nSPS) is 11.7. The summed E-state index contributed by atoms with van der Waals surface area (Å²) in [5, 5.41) is 15.2. The molecule has 2 heterocycles. The number of anilines is 1. The van der Waals surface area contributed by atoms with Crippen molar-refractivity contribution >= 4 is 11.5 Å². The molecule has 1 aromatic carbocycles. The van der Waals surface area contributed by atoms with Crippen LogP contribution in [0.3, 0.4) is 0 Å². The van der Waals surface area contributed by atoms with E-state index in [1.807, 2.05) is 4.90 Å². The Bertz CT molecular complexity index is 801. The molecule has 0 aliphatic heterocycles. The monoisotopic (exact) mass is 324 g/mol. The van der Waals surface area contributed by atoms with Gasteiger partial charge in [-0.25, -0.2) is 0 Å². The molecule has 3 rings (SSSR count). The van der Waals surface area contributed by atoms with E-state index in [1.165, 1.54) is 16.8 Å². The molecule has 0 unspecified atom stereocenters. The number of nitrogens with zero attached hydrogens (tertiary/aromatic N) is 6. The molecular formula is C13H11F3N6O. The van der Waals surface area contributed by atoms with Crippen LogP contribution >= 0.6 is 0 Å². The lowest BCUT2D eigenvalue weighted by molar-refractivity contribution is -0.274. The Morgan fingerprint density at radius 2 is 1.87 bits per heavy atom. The maximum absolute atomic E-state index is 12.1. The molecule has 0 radical (unpaired) electrons. The summed E-state index contributed by atoms with van der Waals surface area (Å²) < 4.78 is 41.5. The van der Waals surface area contributed by atoms with Gasteiger partial charge in [-0.3, -0.25) is 0 Å². The number of rotatable bonds is 4. The first kappa shape index (κ1) is 15.0. The zero-order valence-corrected chi connectivity index (χ0v) is 11.9. The molecule has 23 heavy (non-hydrogen) atoms. The molecular weight excluding hydrogens is 313 g/mol. The van der Waals surface area contributed by atoms with Crippen LogP contribution in [0.5, 0.6) is 5.75 Å². The zero-order chi connectivity index (χ0) is 16.4. The molecule has 2 aromatic heterocycles. The number of tetrazole rings is 1. The summed E-state index contributed by atoms with van der Waals surface area (Å²) in [5.74, 6) is 0.373. The number of fused-ring (bicyclic) bond motifs is 1. The summed E-state index contributed by atoms with van der Waals surface area (Å²) >= 11 is 0. The van der Waals surface area contributed by atoms with Gasteiger partial charge in [-0.05, 0) is 40.3 Å². The first-order chi connectivity index (χ1) is 10.9. The van der Waals surface area contributed by atoms with Crippen LogP contribution in [0, 0.1) is 0 Å². The maximum Gasteiger partial charge on any atom is 0.573 e. The van der Waals surface area contributed by atoms with E-state index >= 15 is 0 Å². The van der Waals surface area contributed by atoms with Gasteiger partial charge in [0.15, 0.2) is 11.5 Å². The van der Waals surface area contributed by atoms with Crippen LogP contribution in [0.4, 0.5) is 19.0 Å². The molecule has 10 heteroatoms. The van der Waals surface area contributed by atoms with Crippen LogP contribution in [0.2, 0.25) is 0 Å². The van der Waals surface area contributed by atoms with Gasteiger partial charge in [0.05, 0.1) is 0 Å². The molecule has 0 atom stereocenters. The fourth-order valence-electron chi connectivity index (χ4n) is 2.00. The second kappa shape index (κ2) is 5.71. The van der Waals surface area contributed by atoms with Gasteiger partial charge in [0.25, 0.3) is 0 Å². The molecule has 0 N–H and O–H groups in total. The van der Waals surface area contributed by atoms with E-state index in [-0.39, 0.29) is 5.75 Å². The maximum atomic E-state index is 12.1. The van der Waals surface area contributed by atoms with Crippen LogP contribution < -0.4 is 9.64 Å². The molecule has 0 amide bonds. The van der Waals surface area contributed by atoms with Gasteiger partial charge in [0, 0.05) is 13.6 Å². The van der Waals surface area contributed by atoms with Gasteiger partial charge in [-0.15, -0.1) is 28.0 Å². The molecule has 0 spiro atoms. The number of hydrogen-bond acceptors (Lipinski definition) is 6. The van der Waals surface area contributed by atoms with E-state index in [9.17, 15) is 13.2 Å². The van der Waals surface area contributed by atoms with Crippen molar-refractivity contribution < 1.29 is 17.9 Å². The van der Waals surface area contributed by atoms with Crippen LogP contribution in [0.1, 0.15) is 5.56 Å². The highest BCUT2D eigenvalue weighted by molar-refractivity contribution is 5.44. The van der Waals surface area contributed by atoms with Crippen molar-refractivity contribution in [3.8, 4) is 5.75 Å². The van der Waals surface area contributed by atoms with E-state index in [2.05, 4.69) is 25.4 Å². The highest BCUT2D eigenvalue weighted by Gasteiger charge is 2.30. The summed E-state index contributed by atoms with van der Waals surface area (Å²) in [4.78, 5) is 1.82. The number of alkyl halides is 3. The first-order valence-electron chi connectivity index (χ1n) is 6.52. The Morgan fingerprint density at radius 3 is 2.57 bits per heavy atom. The smallest absolute Gasteiger partial charge is 0.406 e. The van der Waals surface area contributed by atoms with E-state index in [1.54, 1.807) is 31.3 Å². The average Bonchev–Trinajstić information content (AvgIpc) is 2.95. The Morgan fingerprint density at radius 1 is 1.13 bits per heavy atom. The van der Waals surface area contributed by atoms with Crippen molar-refractivity contribution in [2.24, 2.45) is 0 Å². The second-order valence-corrected chi connectivity index (χ2v) is 4.77. The lowest BCUT2D eigenvalue weighted by atomic mass is 10.2. The quantitative estimate of drug-likeness (QED) is 0.732. The van der Waals surface area contributed by atoms with Gasteiger partial charge in [0.2, 0.25) is 0 Å². The number of hydrogen-bond donors (Lipinski definition) is 0. The fourth-order valence-corrected chi connectivity index (χ4v) is 2.00. The van der Waals surface area contributed by atoms with Crippen molar-refractivity contribution in [2.45, 2.75) is 12.9 Å². The third kappa shape index (κ3) is 3.65. The van der Waals surface area contributed by atoms with E-state index < -0.39 is 6.36 Å². The average molecular weight is 324 g/mol. The minimum atomic E-state index is -4.69. The SMILES string of the molecule is CN(Cc1ccc(OC(F)(F)F)cc1)c1ccc2nnnn2n1. The third-order valence-corrected chi connectivity index (χ3v) is 3.02.